The van der Waals surface area contributed by atoms with Gasteiger partial charge in [-0.25, -0.2) is 0 Å². The minimum absolute atomic E-state index is 0.118. The predicted molar refractivity (Wildman–Crippen MR) is 76.6 cm³/mol. The minimum Gasteiger partial charge on any atom is -0.382 e. The number of ketones is 1. The number of methoxy groups -OCH3 is 1. The Hall–Kier alpha value is -1.27. The van der Waals surface area contributed by atoms with E-state index in [1.807, 2.05) is 30.3 Å². The predicted octanol–water partition coefficient (Wildman–Crippen LogP) is 1.53. The molecule has 0 radical (unpaired) electrons. The van der Waals surface area contributed by atoms with E-state index in [0.29, 0.717) is 19.6 Å². The fourth-order valence-electron chi connectivity index (χ4n) is 2.52. The Morgan fingerprint density at radius 2 is 2.10 bits per heavy atom. The van der Waals surface area contributed by atoms with Gasteiger partial charge in [0.15, 0.2) is 12.1 Å². The van der Waals surface area contributed by atoms with Gasteiger partial charge in [0, 0.05) is 19.6 Å². The molecule has 1 N–H and O–H groups in total. The SMILES string of the molecule is CO[C@@H]1OCC(=O)[C@@](C)(O)[C@H]1CCOCc1ccccc1. The smallest absolute Gasteiger partial charge is 0.190 e. The molecule has 0 spiro atoms. The van der Waals surface area contributed by atoms with Gasteiger partial charge in [-0.2, -0.15) is 0 Å². The maximum Gasteiger partial charge on any atom is 0.190 e. The maximum atomic E-state index is 11.8. The third-order valence-electron chi connectivity index (χ3n) is 3.91. The first-order valence-electron chi connectivity index (χ1n) is 7.07. The molecule has 0 aliphatic carbocycles. The third-order valence-corrected chi connectivity index (χ3v) is 3.91. The molecule has 5 heteroatoms. The molecular weight excluding hydrogens is 272 g/mol. The van der Waals surface area contributed by atoms with Gasteiger partial charge < -0.3 is 19.3 Å². The summed E-state index contributed by atoms with van der Waals surface area (Å²) in [4.78, 5) is 11.8. The van der Waals surface area contributed by atoms with Gasteiger partial charge in [0.1, 0.15) is 12.2 Å². The monoisotopic (exact) mass is 294 g/mol. The second kappa shape index (κ2) is 7.13. The molecule has 1 aliphatic heterocycles. The zero-order valence-electron chi connectivity index (χ0n) is 12.5. The lowest BCUT2D eigenvalue weighted by Crippen LogP contribution is -2.56. The highest BCUT2D eigenvalue weighted by atomic mass is 16.7. The molecule has 0 amide bonds. The van der Waals surface area contributed by atoms with Crippen LogP contribution in [-0.4, -0.2) is 43.1 Å². The zero-order chi connectivity index (χ0) is 15.3. The highest BCUT2D eigenvalue weighted by Crippen LogP contribution is 2.31. The minimum atomic E-state index is -1.44. The topological polar surface area (TPSA) is 65.0 Å². The Bertz CT molecular complexity index is 457. The Balaban J connectivity index is 1.86. The first-order chi connectivity index (χ1) is 10.1. The van der Waals surface area contributed by atoms with Crippen LogP contribution < -0.4 is 0 Å². The van der Waals surface area contributed by atoms with E-state index in [0.717, 1.165) is 5.56 Å². The lowest BCUT2D eigenvalue weighted by molar-refractivity contribution is -0.229. The number of Topliss-reactive ketones (excluding diaryl/α,β-unsaturated/α-hetero) is 1. The molecule has 0 saturated carbocycles. The van der Waals surface area contributed by atoms with Gasteiger partial charge >= 0.3 is 0 Å². The molecule has 0 bridgehead atoms. The summed E-state index contributed by atoms with van der Waals surface area (Å²) >= 11 is 0. The van der Waals surface area contributed by atoms with Gasteiger partial charge in [-0.1, -0.05) is 30.3 Å². The van der Waals surface area contributed by atoms with Crippen molar-refractivity contribution in [1.82, 2.24) is 0 Å². The number of aliphatic hydroxyl groups is 1. The summed E-state index contributed by atoms with van der Waals surface area (Å²) in [7, 11) is 1.51. The highest BCUT2D eigenvalue weighted by Gasteiger charge is 2.47. The second-order valence-corrected chi connectivity index (χ2v) is 5.42. The summed E-state index contributed by atoms with van der Waals surface area (Å²) in [6, 6.07) is 9.84. The quantitative estimate of drug-likeness (QED) is 0.806. The molecule has 1 aromatic rings. The maximum absolute atomic E-state index is 11.8. The van der Waals surface area contributed by atoms with Crippen LogP contribution in [0.3, 0.4) is 0 Å². The summed E-state index contributed by atoms with van der Waals surface area (Å²) in [6.07, 6.45) is -0.0950. The summed E-state index contributed by atoms with van der Waals surface area (Å²) in [5.41, 5.74) is -0.349. The standard InChI is InChI=1S/C16H22O5/c1-16(18)13(15(19-2)21-11-14(16)17)8-9-20-10-12-6-4-3-5-7-12/h3-7,13,15,18H,8-11H2,1-2H3/t13-,15+,16-/m0/s1. The number of benzene rings is 1. The molecule has 5 nitrogen and oxygen atoms in total. The van der Waals surface area contributed by atoms with Gasteiger partial charge in [0.2, 0.25) is 0 Å². The third kappa shape index (κ3) is 3.89. The number of hydrogen-bond donors (Lipinski definition) is 1. The van der Waals surface area contributed by atoms with E-state index >= 15 is 0 Å². The lowest BCUT2D eigenvalue weighted by atomic mass is 9.81. The van der Waals surface area contributed by atoms with Gasteiger partial charge in [-0.3, -0.25) is 4.79 Å². The van der Waals surface area contributed by atoms with Crippen molar-refractivity contribution in [3.8, 4) is 0 Å². The fourth-order valence-corrected chi connectivity index (χ4v) is 2.52. The van der Waals surface area contributed by atoms with E-state index in [1.165, 1.54) is 14.0 Å². The van der Waals surface area contributed by atoms with Gasteiger partial charge in [-0.05, 0) is 18.9 Å². The number of carbonyl (C=O) groups is 1. The van der Waals surface area contributed by atoms with E-state index in [-0.39, 0.29) is 12.4 Å². The molecule has 0 unspecified atom stereocenters. The normalized spacial score (nSPS) is 29.6. The van der Waals surface area contributed by atoms with Crippen LogP contribution in [-0.2, 0) is 25.6 Å². The van der Waals surface area contributed by atoms with Crippen molar-refractivity contribution < 1.29 is 24.1 Å². The van der Waals surface area contributed by atoms with Crippen molar-refractivity contribution in [2.24, 2.45) is 5.92 Å². The number of hydrogen-bond acceptors (Lipinski definition) is 5. The Morgan fingerprint density at radius 3 is 2.76 bits per heavy atom. The average Bonchev–Trinajstić information content (AvgIpc) is 2.49. The first-order valence-corrected chi connectivity index (χ1v) is 7.07. The van der Waals surface area contributed by atoms with E-state index < -0.39 is 17.8 Å². The lowest BCUT2D eigenvalue weighted by Gasteiger charge is -2.40. The molecule has 2 rings (SSSR count). The van der Waals surface area contributed by atoms with E-state index in [2.05, 4.69) is 0 Å². The summed E-state index contributed by atoms with van der Waals surface area (Å²) in [6.45, 7) is 2.33. The number of rotatable bonds is 6. The molecule has 1 aliphatic rings. The fraction of sp³-hybridized carbons (Fsp3) is 0.562. The van der Waals surface area contributed by atoms with Gasteiger partial charge in [0.25, 0.3) is 0 Å². The Morgan fingerprint density at radius 1 is 1.38 bits per heavy atom. The largest absolute Gasteiger partial charge is 0.382 e. The molecule has 0 aromatic heterocycles. The summed E-state index contributed by atoms with van der Waals surface area (Å²) in [5.74, 6) is -0.747. The van der Waals surface area contributed by atoms with Crippen LogP contribution in [0.4, 0.5) is 0 Å². The summed E-state index contributed by atoms with van der Waals surface area (Å²) in [5, 5.41) is 10.4. The molecule has 21 heavy (non-hydrogen) atoms. The van der Waals surface area contributed by atoms with Gasteiger partial charge in [-0.15, -0.1) is 0 Å². The van der Waals surface area contributed by atoms with Crippen molar-refractivity contribution >= 4 is 5.78 Å². The van der Waals surface area contributed by atoms with Crippen molar-refractivity contribution in [3.05, 3.63) is 35.9 Å². The molecule has 1 saturated heterocycles. The summed E-state index contributed by atoms with van der Waals surface area (Å²) < 4.78 is 16.1. The number of carbonyl (C=O) groups excluding carboxylic acids is 1. The second-order valence-electron chi connectivity index (χ2n) is 5.42. The van der Waals surface area contributed by atoms with Crippen LogP contribution in [0.1, 0.15) is 18.9 Å². The molecule has 1 heterocycles. The van der Waals surface area contributed by atoms with Crippen LogP contribution in [0.15, 0.2) is 30.3 Å². The van der Waals surface area contributed by atoms with E-state index in [9.17, 15) is 9.90 Å². The van der Waals surface area contributed by atoms with Crippen molar-refractivity contribution in [1.29, 1.82) is 0 Å². The Kier molecular flexibility index (Phi) is 5.47. The first kappa shape index (κ1) is 16.1. The van der Waals surface area contributed by atoms with E-state index in [4.69, 9.17) is 14.2 Å². The van der Waals surface area contributed by atoms with Crippen LogP contribution in [0, 0.1) is 5.92 Å². The highest BCUT2D eigenvalue weighted by molar-refractivity contribution is 5.88. The Labute approximate surface area is 124 Å². The van der Waals surface area contributed by atoms with Gasteiger partial charge in [0.05, 0.1) is 6.61 Å². The van der Waals surface area contributed by atoms with Crippen LogP contribution in [0.25, 0.3) is 0 Å². The average molecular weight is 294 g/mol. The van der Waals surface area contributed by atoms with Crippen molar-refractivity contribution in [2.45, 2.75) is 31.8 Å². The van der Waals surface area contributed by atoms with Crippen molar-refractivity contribution in [3.63, 3.8) is 0 Å². The molecule has 1 aromatic carbocycles. The van der Waals surface area contributed by atoms with Crippen molar-refractivity contribution in [2.75, 3.05) is 20.3 Å². The molecular formula is C16H22O5. The van der Waals surface area contributed by atoms with Crippen LogP contribution >= 0.6 is 0 Å². The van der Waals surface area contributed by atoms with E-state index in [1.54, 1.807) is 0 Å². The van der Waals surface area contributed by atoms with Crippen LogP contribution in [0.2, 0.25) is 0 Å². The molecule has 3 atom stereocenters. The molecule has 116 valence electrons. The van der Waals surface area contributed by atoms with Crippen LogP contribution in [0.5, 0.6) is 0 Å². The molecule has 1 fully saturated rings. The zero-order valence-corrected chi connectivity index (χ0v) is 12.5. The number of ether oxygens (including phenoxy) is 3.